The number of carboxylic acid groups (broad SMARTS) is 1. The number of amides is 3. The van der Waals surface area contributed by atoms with Crippen LogP contribution in [-0.4, -0.2) is 76.5 Å². The van der Waals surface area contributed by atoms with Crippen LogP contribution in [0.1, 0.15) is 19.3 Å². The third-order valence-electron chi connectivity index (χ3n) is 3.99. The molecular formula is C13H21N3O4S. The van der Waals surface area contributed by atoms with E-state index in [-0.39, 0.29) is 18.0 Å². The van der Waals surface area contributed by atoms with Crippen LogP contribution in [-0.2, 0) is 9.59 Å². The number of urea groups is 1. The number of nitrogens with zero attached hydrogens (tertiary/aromatic N) is 2. The average Bonchev–Trinajstić information content (AvgIpc) is 2.84. The fourth-order valence-corrected chi connectivity index (χ4v) is 3.25. The molecule has 0 aromatic heterocycles. The zero-order chi connectivity index (χ0) is 15.4. The predicted molar refractivity (Wildman–Crippen MR) is 79.3 cm³/mol. The Bertz CT molecular complexity index is 432. The molecular weight excluding hydrogens is 294 g/mol. The molecule has 118 valence electrons. The van der Waals surface area contributed by atoms with Crippen molar-refractivity contribution in [3.63, 3.8) is 0 Å². The summed E-state index contributed by atoms with van der Waals surface area (Å²) in [4.78, 5) is 38.4. The van der Waals surface area contributed by atoms with Gasteiger partial charge in [-0.25, -0.2) is 9.59 Å². The van der Waals surface area contributed by atoms with Crippen LogP contribution in [0.3, 0.4) is 0 Å². The van der Waals surface area contributed by atoms with E-state index in [2.05, 4.69) is 5.32 Å². The van der Waals surface area contributed by atoms with Crippen LogP contribution in [0.2, 0.25) is 0 Å². The Balaban J connectivity index is 1.88. The lowest BCUT2D eigenvalue weighted by Gasteiger charge is -2.37. The fourth-order valence-electron chi connectivity index (χ4n) is 2.78. The van der Waals surface area contributed by atoms with Gasteiger partial charge in [-0.05, 0) is 24.9 Å². The van der Waals surface area contributed by atoms with E-state index < -0.39 is 12.0 Å². The SMILES string of the molecule is CSCCC(NC(=O)N1CCN2C(=O)CCC2C1)C(=O)O. The van der Waals surface area contributed by atoms with Crippen molar-refractivity contribution in [3.8, 4) is 0 Å². The molecule has 7 nitrogen and oxygen atoms in total. The monoisotopic (exact) mass is 315 g/mol. The summed E-state index contributed by atoms with van der Waals surface area (Å²) in [6.45, 7) is 1.49. The molecule has 2 aliphatic heterocycles. The number of carbonyl (C=O) groups excluding carboxylic acids is 2. The van der Waals surface area contributed by atoms with Gasteiger partial charge in [0.05, 0.1) is 0 Å². The number of aliphatic carboxylic acids is 1. The van der Waals surface area contributed by atoms with Crippen LogP contribution < -0.4 is 5.32 Å². The normalized spacial score (nSPS) is 22.9. The molecule has 8 heteroatoms. The van der Waals surface area contributed by atoms with Crippen molar-refractivity contribution < 1.29 is 19.5 Å². The Kier molecular flexibility index (Phi) is 5.33. The number of nitrogens with one attached hydrogen (secondary N) is 1. The molecule has 2 fully saturated rings. The molecule has 3 amide bonds. The van der Waals surface area contributed by atoms with Gasteiger partial charge in [-0.1, -0.05) is 0 Å². The molecule has 21 heavy (non-hydrogen) atoms. The first-order valence-corrected chi connectivity index (χ1v) is 8.49. The van der Waals surface area contributed by atoms with Gasteiger partial charge in [-0.2, -0.15) is 11.8 Å². The lowest BCUT2D eigenvalue weighted by atomic mass is 10.1. The molecule has 0 radical (unpaired) electrons. The van der Waals surface area contributed by atoms with Crippen molar-refractivity contribution in [2.45, 2.75) is 31.3 Å². The van der Waals surface area contributed by atoms with E-state index in [0.29, 0.717) is 38.2 Å². The minimum atomic E-state index is -1.01. The van der Waals surface area contributed by atoms with E-state index in [1.54, 1.807) is 16.7 Å². The zero-order valence-electron chi connectivity index (χ0n) is 12.1. The number of hydrogen-bond acceptors (Lipinski definition) is 4. The highest BCUT2D eigenvalue weighted by Crippen LogP contribution is 2.22. The topological polar surface area (TPSA) is 90.0 Å². The summed E-state index contributed by atoms with van der Waals surface area (Å²) in [6.07, 6.45) is 3.63. The Morgan fingerprint density at radius 2 is 2.24 bits per heavy atom. The molecule has 2 saturated heterocycles. The first kappa shape index (κ1) is 15.9. The molecule has 2 atom stereocenters. The third kappa shape index (κ3) is 3.81. The second-order valence-corrected chi connectivity index (χ2v) is 6.33. The van der Waals surface area contributed by atoms with Crippen molar-refractivity contribution in [2.75, 3.05) is 31.6 Å². The van der Waals surface area contributed by atoms with Crippen LogP contribution >= 0.6 is 11.8 Å². The molecule has 2 heterocycles. The standard InChI is InChI=1S/C13H21N3O4S/c1-21-7-4-10(12(18)19)14-13(20)15-5-6-16-9(8-15)2-3-11(16)17/h9-10H,2-8H2,1H3,(H,14,20)(H,18,19). The number of thioether (sulfide) groups is 1. The molecule has 0 bridgehead atoms. The van der Waals surface area contributed by atoms with Crippen LogP contribution in [0.25, 0.3) is 0 Å². The van der Waals surface area contributed by atoms with Crippen molar-refractivity contribution in [1.82, 2.24) is 15.1 Å². The molecule has 2 unspecified atom stereocenters. The predicted octanol–water partition coefficient (Wildman–Crippen LogP) is 0.209. The van der Waals surface area contributed by atoms with E-state index in [4.69, 9.17) is 5.11 Å². The van der Waals surface area contributed by atoms with Gasteiger partial charge in [0.15, 0.2) is 0 Å². The van der Waals surface area contributed by atoms with E-state index in [1.807, 2.05) is 11.2 Å². The zero-order valence-corrected chi connectivity index (χ0v) is 12.9. The first-order valence-electron chi connectivity index (χ1n) is 7.09. The number of hydrogen-bond donors (Lipinski definition) is 2. The Morgan fingerprint density at radius 1 is 1.48 bits per heavy atom. The van der Waals surface area contributed by atoms with Gasteiger partial charge in [-0.3, -0.25) is 4.79 Å². The summed E-state index contributed by atoms with van der Waals surface area (Å²) in [5, 5.41) is 11.7. The highest BCUT2D eigenvalue weighted by atomic mass is 32.2. The molecule has 0 aliphatic carbocycles. The Hall–Kier alpha value is -1.44. The van der Waals surface area contributed by atoms with Gasteiger partial charge >= 0.3 is 12.0 Å². The largest absolute Gasteiger partial charge is 0.480 e. The van der Waals surface area contributed by atoms with Crippen molar-refractivity contribution in [2.24, 2.45) is 0 Å². The molecule has 0 aromatic carbocycles. The van der Waals surface area contributed by atoms with Crippen molar-refractivity contribution in [1.29, 1.82) is 0 Å². The second-order valence-electron chi connectivity index (χ2n) is 5.35. The number of carboxylic acids is 1. The Morgan fingerprint density at radius 3 is 2.90 bits per heavy atom. The summed E-state index contributed by atoms with van der Waals surface area (Å²) in [5.41, 5.74) is 0. The summed E-state index contributed by atoms with van der Waals surface area (Å²) >= 11 is 1.55. The number of fused-ring (bicyclic) bond motifs is 1. The van der Waals surface area contributed by atoms with Crippen LogP contribution in [0.4, 0.5) is 4.79 Å². The lowest BCUT2D eigenvalue weighted by Crippen LogP contribution is -2.57. The molecule has 2 aliphatic rings. The van der Waals surface area contributed by atoms with Gasteiger partial charge in [-0.15, -0.1) is 0 Å². The molecule has 0 spiro atoms. The number of piperazine rings is 1. The van der Waals surface area contributed by atoms with Gasteiger partial charge in [0.2, 0.25) is 5.91 Å². The highest BCUT2D eigenvalue weighted by molar-refractivity contribution is 7.98. The van der Waals surface area contributed by atoms with Gasteiger partial charge < -0.3 is 20.2 Å². The maximum atomic E-state index is 12.2. The first-order chi connectivity index (χ1) is 10.0. The molecule has 0 aromatic rings. The van der Waals surface area contributed by atoms with Gasteiger partial charge in [0.25, 0.3) is 0 Å². The number of carbonyl (C=O) groups is 3. The van der Waals surface area contributed by atoms with Crippen molar-refractivity contribution >= 4 is 29.7 Å². The van der Waals surface area contributed by atoms with E-state index in [1.165, 1.54) is 0 Å². The average molecular weight is 315 g/mol. The molecule has 2 N–H and O–H groups in total. The van der Waals surface area contributed by atoms with Crippen LogP contribution in [0.15, 0.2) is 0 Å². The second kappa shape index (κ2) is 7.02. The van der Waals surface area contributed by atoms with E-state index >= 15 is 0 Å². The van der Waals surface area contributed by atoms with E-state index in [9.17, 15) is 14.4 Å². The third-order valence-corrected chi connectivity index (χ3v) is 4.63. The van der Waals surface area contributed by atoms with E-state index in [0.717, 1.165) is 6.42 Å². The smallest absolute Gasteiger partial charge is 0.326 e. The Labute approximate surface area is 128 Å². The maximum absolute atomic E-state index is 12.2. The van der Waals surface area contributed by atoms with Gasteiger partial charge in [0, 0.05) is 32.1 Å². The quantitative estimate of drug-likeness (QED) is 0.757. The number of rotatable bonds is 5. The highest BCUT2D eigenvalue weighted by Gasteiger charge is 2.37. The lowest BCUT2D eigenvalue weighted by molar-refractivity contribution is -0.139. The maximum Gasteiger partial charge on any atom is 0.326 e. The van der Waals surface area contributed by atoms with Gasteiger partial charge in [0.1, 0.15) is 6.04 Å². The molecule has 0 saturated carbocycles. The summed E-state index contributed by atoms with van der Waals surface area (Å²) < 4.78 is 0. The fraction of sp³-hybridized carbons (Fsp3) is 0.769. The van der Waals surface area contributed by atoms with Crippen LogP contribution in [0.5, 0.6) is 0 Å². The minimum absolute atomic E-state index is 0.0893. The summed E-state index contributed by atoms with van der Waals surface area (Å²) in [7, 11) is 0. The summed E-state index contributed by atoms with van der Waals surface area (Å²) in [5.74, 6) is -0.169. The summed E-state index contributed by atoms with van der Waals surface area (Å²) in [6, 6.07) is -1.11. The van der Waals surface area contributed by atoms with Crippen LogP contribution in [0, 0.1) is 0 Å². The van der Waals surface area contributed by atoms with Crippen molar-refractivity contribution in [3.05, 3.63) is 0 Å². The molecule has 2 rings (SSSR count). The minimum Gasteiger partial charge on any atom is -0.480 e.